The van der Waals surface area contributed by atoms with E-state index in [4.69, 9.17) is 0 Å². The Hall–Kier alpha value is -7.80. The van der Waals surface area contributed by atoms with Crippen LogP contribution in [-0.4, -0.2) is 0 Å². The highest BCUT2D eigenvalue weighted by molar-refractivity contribution is 5.92. The molecular weight excluding hydrogens is 961 g/mol. The van der Waals surface area contributed by atoms with Gasteiger partial charge >= 0.3 is 0 Å². The molecule has 0 heteroatoms. The summed E-state index contributed by atoms with van der Waals surface area (Å²) in [4.78, 5) is 0. The lowest BCUT2D eigenvalue weighted by molar-refractivity contribution is 0.584. The summed E-state index contributed by atoms with van der Waals surface area (Å²) in [5, 5.41) is 0. The summed E-state index contributed by atoms with van der Waals surface area (Å²) in [6, 6.07) is 76.3. The predicted octanol–water partition coefficient (Wildman–Crippen LogP) is 21.8. The number of hydrogen-bond donors (Lipinski definition) is 0. The van der Waals surface area contributed by atoms with Crippen molar-refractivity contribution in [2.45, 2.75) is 129 Å². The zero-order chi connectivity index (χ0) is 55.8. The molecule has 0 aliphatic heterocycles. The molecule has 0 fully saturated rings. The third kappa shape index (κ3) is 7.47. The second kappa shape index (κ2) is 16.9. The van der Waals surface area contributed by atoms with Crippen molar-refractivity contribution >= 4 is 0 Å². The molecular formula is C80H74. The van der Waals surface area contributed by atoms with E-state index in [-0.39, 0.29) is 32.5 Å². The molecule has 0 heterocycles. The lowest BCUT2D eigenvalue weighted by atomic mass is 9.78. The van der Waals surface area contributed by atoms with Crippen LogP contribution < -0.4 is 0 Å². The van der Waals surface area contributed by atoms with Gasteiger partial charge in [0.05, 0.1) is 0 Å². The van der Waals surface area contributed by atoms with Crippen LogP contribution in [-0.2, 0) is 32.5 Å². The number of benzene rings is 10. The van der Waals surface area contributed by atoms with Crippen molar-refractivity contribution in [1.82, 2.24) is 0 Å². The molecule has 0 aromatic heterocycles. The number of fused-ring (bicyclic) bond motifs is 12. The summed E-state index contributed by atoms with van der Waals surface area (Å²) in [5.41, 5.74) is 36.6. The van der Waals surface area contributed by atoms with E-state index < -0.39 is 0 Å². The Labute approximate surface area is 476 Å². The standard InChI is InChI=1S/C80H74/c1-75(2,3)57-27-33-65-63-31-25-49(43-71(63)79(11,12)73(65)45-57)53-36-54(50-26-32-64-66-34-28-58(76(4,5)6)46-74(66)80(13,14)72(64)44-50)40-56(39-53)55-37-51(47-23-29-61-59-19-15-17-21-67(59)77(7,8)69(61)41-47)35-52(38-55)48-24-30-62-60-20-16-18-22-68(60)78(9,10)70(62)42-48/h15-46H,1-14H3. The van der Waals surface area contributed by atoms with Gasteiger partial charge in [0.15, 0.2) is 0 Å². The van der Waals surface area contributed by atoms with E-state index in [1.807, 2.05) is 0 Å². The molecule has 0 spiro atoms. The van der Waals surface area contributed by atoms with E-state index in [9.17, 15) is 0 Å². The maximum atomic E-state index is 2.51. The highest BCUT2D eigenvalue weighted by Crippen LogP contribution is 2.55. The molecule has 0 unspecified atom stereocenters. The summed E-state index contributed by atoms with van der Waals surface area (Å²) in [6.07, 6.45) is 0. The zero-order valence-electron chi connectivity index (χ0n) is 49.5. The van der Waals surface area contributed by atoms with Gasteiger partial charge in [0.25, 0.3) is 0 Å². The minimum Gasteiger partial charge on any atom is -0.0619 e. The third-order valence-corrected chi connectivity index (χ3v) is 19.8. The number of rotatable bonds is 5. The second-order valence-corrected chi connectivity index (χ2v) is 28.3. The molecule has 80 heavy (non-hydrogen) atoms. The smallest absolute Gasteiger partial charge is 0.0159 e. The fourth-order valence-electron chi connectivity index (χ4n) is 14.8. The summed E-state index contributed by atoms with van der Waals surface area (Å²) < 4.78 is 0. The first-order valence-electron chi connectivity index (χ1n) is 29.3. The van der Waals surface area contributed by atoms with Crippen molar-refractivity contribution in [2.75, 3.05) is 0 Å². The molecule has 0 nitrogen and oxygen atoms in total. The van der Waals surface area contributed by atoms with Gasteiger partial charge in [-0.1, -0.05) is 230 Å². The van der Waals surface area contributed by atoms with Gasteiger partial charge in [-0.2, -0.15) is 0 Å². The first-order chi connectivity index (χ1) is 37.9. The molecule has 4 aliphatic rings. The van der Waals surface area contributed by atoms with Gasteiger partial charge in [-0.05, 0) is 227 Å². The Morgan fingerprint density at radius 2 is 0.412 bits per heavy atom. The van der Waals surface area contributed by atoms with E-state index in [0.29, 0.717) is 0 Å². The lowest BCUT2D eigenvalue weighted by Gasteiger charge is -2.25. The molecule has 0 radical (unpaired) electrons. The van der Waals surface area contributed by atoms with Crippen molar-refractivity contribution in [2.24, 2.45) is 0 Å². The molecule has 0 saturated carbocycles. The molecule has 10 aromatic rings. The van der Waals surface area contributed by atoms with Crippen LogP contribution in [0.25, 0.3) is 100 Å². The van der Waals surface area contributed by atoms with Gasteiger partial charge < -0.3 is 0 Å². The molecule has 394 valence electrons. The van der Waals surface area contributed by atoms with Crippen molar-refractivity contribution in [3.8, 4) is 100 Å². The Balaban J connectivity index is 0.973. The van der Waals surface area contributed by atoms with Gasteiger partial charge in [-0.3, -0.25) is 0 Å². The molecule has 0 bridgehead atoms. The third-order valence-electron chi connectivity index (χ3n) is 19.8. The van der Waals surface area contributed by atoms with Crippen LogP contribution in [0.5, 0.6) is 0 Å². The molecule has 0 N–H and O–H groups in total. The fourth-order valence-corrected chi connectivity index (χ4v) is 14.8. The van der Waals surface area contributed by atoms with Crippen molar-refractivity contribution in [1.29, 1.82) is 0 Å². The minimum absolute atomic E-state index is 0.0654. The van der Waals surface area contributed by atoms with Crippen molar-refractivity contribution in [3.05, 3.63) is 250 Å². The van der Waals surface area contributed by atoms with Crippen LogP contribution in [0, 0.1) is 0 Å². The molecule has 0 atom stereocenters. The topological polar surface area (TPSA) is 0 Å². The second-order valence-electron chi connectivity index (χ2n) is 28.3. The van der Waals surface area contributed by atoms with E-state index >= 15 is 0 Å². The van der Waals surface area contributed by atoms with Crippen LogP contribution in [0.15, 0.2) is 194 Å². The molecule has 4 aliphatic carbocycles. The van der Waals surface area contributed by atoms with Gasteiger partial charge in [0.2, 0.25) is 0 Å². The van der Waals surface area contributed by atoms with Crippen molar-refractivity contribution < 1.29 is 0 Å². The average Bonchev–Trinajstić information content (AvgIpc) is 4.07. The predicted molar refractivity (Wildman–Crippen MR) is 341 cm³/mol. The first kappa shape index (κ1) is 50.4. The molecule has 14 rings (SSSR count). The highest BCUT2D eigenvalue weighted by Gasteiger charge is 2.40. The summed E-state index contributed by atoms with van der Waals surface area (Å²) in [7, 11) is 0. The van der Waals surface area contributed by atoms with E-state index in [1.165, 1.54) is 156 Å². The summed E-state index contributed by atoms with van der Waals surface area (Å²) in [5.74, 6) is 0. The Morgan fingerprint density at radius 3 is 0.688 bits per heavy atom. The maximum Gasteiger partial charge on any atom is 0.0159 e. The molecule has 10 aromatic carbocycles. The monoisotopic (exact) mass is 1030 g/mol. The van der Waals surface area contributed by atoms with Crippen LogP contribution in [0.2, 0.25) is 0 Å². The first-order valence-corrected chi connectivity index (χ1v) is 29.3. The van der Waals surface area contributed by atoms with Crippen LogP contribution in [0.4, 0.5) is 0 Å². The fraction of sp³-hybridized carbons (Fsp3) is 0.250. The average molecular weight is 1040 g/mol. The van der Waals surface area contributed by atoms with Gasteiger partial charge in [0.1, 0.15) is 0 Å². The van der Waals surface area contributed by atoms with Gasteiger partial charge in [-0.15, -0.1) is 0 Å². The van der Waals surface area contributed by atoms with E-state index in [0.717, 1.165) is 0 Å². The quantitative estimate of drug-likeness (QED) is 0.161. The maximum absolute atomic E-state index is 2.51. The SMILES string of the molecule is CC(C)(C)c1ccc2c(c1)C(C)(C)c1cc(-c3cc(-c4cc(-c5ccc6c(c5)C(C)(C)c5ccccc5-6)cc(-c5ccc6c(c5)C(C)(C)c5ccccc5-6)c4)cc(-c4ccc5c(c4)C(C)(C)c4cc(C(C)(C)C)ccc4-5)c3)ccc1-2. The largest absolute Gasteiger partial charge is 0.0619 e. The van der Waals surface area contributed by atoms with Gasteiger partial charge in [0, 0.05) is 21.7 Å². The Bertz CT molecular complexity index is 4030. The van der Waals surface area contributed by atoms with Gasteiger partial charge in [-0.25, -0.2) is 0 Å². The van der Waals surface area contributed by atoms with Crippen LogP contribution >= 0.6 is 0 Å². The summed E-state index contributed by atoms with van der Waals surface area (Å²) >= 11 is 0. The minimum atomic E-state index is -0.156. The normalized spacial score (nSPS) is 16.0. The molecule has 0 saturated heterocycles. The zero-order valence-corrected chi connectivity index (χ0v) is 49.5. The molecule has 0 amide bonds. The van der Waals surface area contributed by atoms with Crippen LogP contribution in [0.3, 0.4) is 0 Å². The Kier molecular flexibility index (Phi) is 10.6. The lowest BCUT2D eigenvalue weighted by Crippen LogP contribution is -2.17. The van der Waals surface area contributed by atoms with Crippen molar-refractivity contribution in [3.63, 3.8) is 0 Å². The Morgan fingerprint density at radius 1 is 0.200 bits per heavy atom. The highest BCUT2D eigenvalue weighted by atomic mass is 14.4. The van der Waals surface area contributed by atoms with Crippen LogP contribution in [0.1, 0.15) is 153 Å². The van der Waals surface area contributed by atoms with E-state index in [1.54, 1.807) is 0 Å². The van der Waals surface area contributed by atoms with E-state index in [2.05, 4.69) is 291 Å². The number of hydrogen-bond acceptors (Lipinski definition) is 0. The summed E-state index contributed by atoms with van der Waals surface area (Å²) in [6.45, 7) is 33.2.